The molecule has 0 bridgehead atoms. The Morgan fingerprint density at radius 3 is 3.00 bits per heavy atom. The Labute approximate surface area is 102 Å². The van der Waals surface area contributed by atoms with Crippen molar-refractivity contribution in [1.82, 2.24) is 9.97 Å². The molecule has 2 heterocycles. The number of nitro groups is 1. The molecule has 0 saturated heterocycles. The van der Waals surface area contributed by atoms with Crippen LogP contribution in [0.25, 0.3) is 0 Å². The van der Waals surface area contributed by atoms with Crippen molar-refractivity contribution in [3.8, 4) is 0 Å². The zero-order chi connectivity index (χ0) is 12.1. The summed E-state index contributed by atoms with van der Waals surface area (Å²) in [5.74, 6) is 0.300. The van der Waals surface area contributed by atoms with E-state index in [0.717, 1.165) is 11.4 Å². The molecule has 0 unspecified atom stereocenters. The summed E-state index contributed by atoms with van der Waals surface area (Å²) in [4.78, 5) is 18.4. The average molecular weight is 250 g/mol. The summed E-state index contributed by atoms with van der Waals surface area (Å²) in [5, 5.41) is 16.6. The predicted molar refractivity (Wildman–Crippen MR) is 65.2 cm³/mol. The lowest BCUT2D eigenvalue weighted by Gasteiger charge is -2.04. The van der Waals surface area contributed by atoms with Crippen molar-refractivity contribution in [1.29, 1.82) is 0 Å². The highest BCUT2D eigenvalue weighted by atomic mass is 32.1. The molecule has 7 heteroatoms. The van der Waals surface area contributed by atoms with Gasteiger partial charge in [-0.2, -0.15) is 0 Å². The first kappa shape index (κ1) is 11.5. The van der Waals surface area contributed by atoms with E-state index < -0.39 is 4.92 Å². The van der Waals surface area contributed by atoms with Gasteiger partial charge >= 0.3 is 5.69 Å². The number of rotatable bonds is 5. The third-order valence-corrected chi connectivity index (χ3v) is 2.94. The van der Waals surface area contributed by atoms with E-state index in [0.29, 0.717) is 12.4 Å². The van der Waals surface area contributed by atoms with Gasteiger partial charge in [-0.3, -0.25) is 10.1 Å². The number of anilines is 1. The molecule has 0 atom stereocenters. The third kappa shape index (κ3) is 2.97. The van der Waals surface area contributed by atoms with E-state index >= 15 is 0 Å². The Balaban J connectivity index is 1.97. The molecule has 0 aliphatic rings. The maximum Gasteiger partial charge on any atom is 0.311 e. The number of thiazole rings is 1. The normalized spacial score (nSPS) is 10.1. The second-order valence-corrected chi connectivity index (χ2v) is 4.21. The molecule has 2 aromatic rings. The van der Waals surface area contributed by atoms with Crippen molar-refractivity contribution < 1.29 is 4.92 Å². The molecule has 2 rings (SSSR count). The van der Waals surface area contributed by atoms with Crippen LogP contribution < -0.4 is 5.32 Å². The minimum atomic E-state index is -0.446. The molecular weight excluding hydrogens is 240 g/mol. The lowest BCUT2D eigenvalue weighted by atomic mass is 10.3. The number of aromatic nitrogens is 2. The lowest BCUT2D eigenvalue weighted by molar-refractivity contribution is -0.384. The lowest BCUT2D eigenvalue weighted by Crippen LogP contribution is -2.08. The van der Waals surface area contributed by atoms with E-state index in [1.165, 1.54) is 12.3 Å². The van der Waals surface area contributed by atoms with Crippen LogP contribution in [0.5, 0.6) is 0 Å². The van der Waals surface area contributed by atoms with Gasteiger partial charge in [0.25, 0.3) is 0 Å². The van der Waals surface area contributed by atoms with Crippen LogP contribution in [0.15, 0.2) is 29.9 Å². The van der Waals surface area contributed by atoms with Crippen LogP contribution >= 0.6 is 11.3 Å². The average Bonchev–Trinajstić information content (AvgIpc) is 2.82. The third-order valence-electron chi connectivity index (χ3n) is 2.10. The van der Waals surface area contributed by atoms with Crippen molar-refractivity contribution >= 4 is 22.8 Å². The first-order chi connectivity index (χ1) is 8.27. The molecular formula is C10H10N4O2S. The topological polar surface area (TPSA) is 81.0 Å². The number of nitrogens with one attached hydrogen (secondary N) is 1. The minimum absolute atomic E-state index is 0.00774. The van der Waals surface area contributed by atoms with Gasteiger partial charge in [0.1, 0.15) is 0 Å². The Hall–Kier alpha value is -2.02. The van der Waals surface area contributed by atoms with Gasteiger partial charge in [0.2, 0.25) is 5.82 Å². The smallest absolute Gasteiger partial charge is 0.311 e. The summed E-state index contributed by atoms with van der Waals surface area (Å²) in [7, 11) is 0. The molecule has 17 heavy (non-hydrogen) atoms. The first-order valence-corrected chi connectivity index (χ1v) is 5.87. The fourth-order valence-corrected chi connectivity index (χ4v) is 1.97. The molecule has 0 aromatic carbocycles. The maximum atomic E-state index is 10.7. The number of pyridine rings is 1. The van der Waals surface area contributed by atoms with Gasteiger partial charge in [-0.05, 0) is 6.07 Å². The van der Waals surface area contributed by atoms with E-state index in [1.807, 2.05) is 5.38 Å². The second-order valence-electron chi connectivity index (χ2n) is 3.23. The number of nitrogens with zero attached hydrogens (tertiary/aromatic N) is 3. The Morgan fingerprint density at radius 2 is 2.29 bits per heavy atom. The first-order valence-electron chi connectivity index (χ1n) is 4.99. The van der Waals surface area contributed by atoms with E-state index in [2.05, 4.69) is 15.3 Å². The summed E-state index contributed by atoms with van der Waals surface area (Å²) >= 11 is 1.56. The summed E-state index contributed by atoms with van der Waals surface area (Å²) in [6, 6.07) is 2.98. The summed E-state index contributed by atoms with van der Waals surface area (Å²) in [6.07, 6.45) is 3.99. The Bertz CT molecular complexity index is 501. The van der Waals surface area contributed by atoms with Crippen molar-refractivity contribution in [3.05, 3.63) is 45.0 Å². The van der Waals surface area contributed by atoms with Gasteiger partial charge in [-0.15, -0.1) is 11.3 Å². The monoisotopic (exact) mass is 250 g/mol. The molecule has 0 radical (unpaired) electrons. The molecule has 0 spiro atoms. The second kappa shape index (κ2) is 5.35. The van der Waals surface area contributed by atoms with Gasteiger partial charge in [0, 0.05) is 36.8 Å². The van der Waals surface area contributed by atoms with E-state index in [4.69, 9.17) is 0 Å². The zero-order valence-electron chi connectivity index (χ0n) is 8.87. The van der Waals surface area contributed by atoms with E-state index in [-0.39, 0.29) is 5.69 Å². The molecule has 0 amide bonds. The van der Waals surface area contributed by atoms with Crippen LogP contribution in [0.3, 0.4) is 0 Å². The molecule has 6 nitrogen and oxygen atoms in total. The van der Waals surface area contributed by atoms with Crippen LogP contribution in [0, 0.1) is 10.1 Å². The van der Waals surface area contributed by atoms with E-state index in [9.17, 15) is 10.1 Å². The predicted octanol–water partition coefficient (Wildman–Crippen LogP) is 2.10. The van der Waals surface area contributed by atoms with Crippen LogP contribution in [-0.2, 0) is 6.42 Å². The van der Waals surface area contributed by atoms with E-state index in [1.54, 1.807) is 23.6 Å². The summed E-state index contributed by atoms with van der Waals surface area (Å²) in [5.41, 5.74) is -0.00774. The minimum Gasteiger partial charge on any atom is -0.364 e. The van der Waals surface area contributed by atoms with Gasteiger partial charge < -0.3 is 5.32 Å². The molecule has 1 N–H and O–H groups in total. The van der Waals surface area contributed by atoms with Crippen LogP contribution in [0.4, 0.5) is 11.5 Å². The SMILES string of the molecule is O=[N+]([O-])c1cccnc1NCCc1nccs1. The number of hydrogen-bond acceptors (Lipinski definition) is 6. The highest BCUT2D eigenvalue weighted by Crippen LogP contribution is 2.20. The van der Waals surface area contributed by atoms with Gasteiger partial charge in [0.05, 0.1) is 9.93 Å². The van der Waals surface area contributed by atoms with Crippen molar-refractivity contribution in [2.45, 2.75) is 6.42 Å². The molecule has 0 saturated carbocycles. The highest BCUT2D eigenvalue weighted by Gasteiger charge is 2.13. The molecule has 0 fully saturated rings. The van der Waals surface area contributed by atoms with Crippen molar-refractivity contribution in [3.63, 3.8) is 0 Å². The Kier molecular flexibility index (Phi) is 3.61. The van der Waals surface area contributed by atoms with Crippen LogP contribution in [-0.4, -0.2) is 21.4 Å². The van der Waals surface area contributed by atoms with Crippen molar-refractivity contribution in [2.75, 3.05) is 11.9 Å². The highest BCUT2D eigenvalue weighted by molar-refractivity contribution is 7.09. The fraction of sp³-hybridized carbons (Fsp3) is 0.200. The standard InChI is InChI=1S/C10H10N4O2S/c15-14(16)8-2-1-4-12-10(8)13-5-3-9-11-6-7-17-9/h1-2,4,6-7H,3,5H2,(H,12,13). The van der Waals surface area contributed by atoms with Gasteiger partial charge in [-0.25, -0.2) is 9.97 Å². The van der Waals surface area contributed by atoms with Gasteiger partial charge in [-0.1, -0.05) is 0 Å². The fourth-order valence-electron chi connectivity index (χ4n) is 1.34. The molecule has 88 valence electrons. The quantitative estimate of drug-likeness (QED) is 0.649. The van der Waals surface area contributed by atoms with Crippen LogP contribution in [0.1, 0.15) is 5.01 Å². The largest absolute Gasteiger partial charge is 0.364 e. The zero-order valence-corrected chi connectivity index (χ0v) is 9.68. The molecule has 2 aromatic heterocycles. The molecule has 0 aliphatic carbocycles. The number of hydrogen-bond donors (Lipinski definition) is 1. The Morgan fingerprint density at radius 1 is 1.41 bits per heavy atom. The summed E-state index contributed by atoms with van der Waals surface area (Å²) < 4.78 is 0. The van der Waals surface area contributed by atoms with Gasteiger partial charge in [0.15, 0.2) is 0 Å². The summed E-state index contributed by atoms with van der Waals surface area (Å²) in [6.45, 7) is 0.575. The molecule has 0 aliphatic heterocycles. The van der Waals surface area contributed by atoms with Crippen LogP contribution in [0.2, 0.25) is 0 Å². The van der Waals surface area contributed by atoms with Crippen molar-refractivity contribution in [2.24, 2.45) is 0 Å². The maximum absolute atomic E-state index is 10.7.